The van der Waals surface area contributed by atoms with Crippen LogP contribution in [0.1, 0.15) is 47.4 Å². The van der Waals surface area contributed by atoms with Crippen LogP contribution < -0.4 is 10.1 Å². The van der Waals surface area contributed by atoms with E-state index < -0.39 is 30.2 Å². The van der Waals surface area contributed by atoms with Crippen molar-refractivity contribution in [1.29, 1.82) is 0 Å². The fourth-order valence-corrected chi connectivity index (χ4v) is 2.86. The number of nitrogens with zero attached hydrogens (tertiary/aromatic N) is 1. The summed E-state index contributed by atoms with van der Waals surface area (Å²) in [6, 6.07) is 7.61. The second-order valence-corrected chi connectivity index (χ2v) is 7.19. The molecular weight excluding hydrogens is 404 g/mol. The van der Waals surface area contributed by atoms with Gasteiger partial charge in [0.05, 0.1) is 6.04 Å². The molecule has 0 saturated heterocycles. The number of ketones is 1. The summed E-state index contributed by atoms with van der Waals surface area (Å²) in [7, 11) is 0. The molecule has 1 aromatic heterocycles. The van der Waals surface area contributed by atoms with E-state index in [2.05, 4.69) is 15.0 Å². The average Bonchev–Trinajstić information content (AvgIpc) is 3.53. The lowest BCUT2D eigenvalue weighted by Crippen LogP contribution is -2.33. The monoisotopic (exact) mass is 424 g/mol. The van der Waals surface area contributed by atoms with Gasteiger partial charge in [0.2, 0.25) is 0 Å². The van der Waals surface area contributed by atoms with Gasteiger partial charge in [-0.3, -0.25) is 14.6 Å². The maximum Gasteiger partial charge on any atom is 0.461 e. The van der Waals surface area contributed by atoms with Gasteiger partial charge in [0.25, 0.3) is 5.91 Å². The first-order valence-corrected chi connectivity index (χ1v) is 9.39. The average molecular weight is 424 g/mol. The van der Waals surface area contributed by atoms with Crippen LogP contribution >= 0.6 is 0 Å². The molecule has 30 heavy (non-hydrogen) atoms. The fraction of sp³-hybridized carbons (Fsp3) is 0.381. The van der Waals surface area contributed by atoms with Crippen molar-refractivity contribution in [3.05, 3.63) is 59.4 Å². The third kappa shape index (κ3) is 5.55. The Balaban J connectivity index is 1.65. The number of alkyl halides is 4. The van der Waals surface area contributed by atoms with Crippen LogP contribution in [0.5, 0.6) is 5.75 Å². The summed E-state index contributed by atoms with van der Waals surface area (Å²) in [4.78, 5) is 28.6. The Bertz CT molecular complexity index is 932. The van der Waals surface area contributed by atoms with E-state index in [1.807, 2.05) is 0 Å². The summed E-state index contributed by atoms with van der Waals surface area (Å²) in [5.74, 6) is -0.694. The predicted molar refractivity (Wildman–Crippen MR) is 99.6 cm³/mol. The normalized spacial score (nSPS) is 15.0. The molecule has 0 radical (unpaired) electrons. The molecule has 160 valence electrons. The van der Waals surface area contributed by atoms with Gasteiger partial charge in [-0.25, -0.2) is 0 Å². The molecule has 1 aliphatic rings. The van der Waals surface area contributed by atoms with Gasteiger partial charge in [0, 0.05) is 29.8 Å². The van der Waals surface area contributed by atoms with Crippen LogP contribution in [0.3, 0.4) is 0 Å². The number of benzene rings is 1. The van der Waals surface area contributed by atoms with Crippen molar-refractivity contribution < 1.29 is 31.9 Å². The highest BCUT2D eigenvalue weighted by molar-refractivity contribution is 5.94. The van der Waals surface area contributed by atoms with Crippen molar-refractivity contribution in [2.75, 3.05) is 0 Å². The van der Waals surface area contributed by atoms with E-state index in [-0.39, 0.29) is 18.1 Å². The standard InChI is InChI=1S/C21H20F4N2O3/c1-12(14-3-2-4-17(10-14)30-21(24,25)20(22)23)27-19(29)15-7-8-26-16(9-15)11-18(28)13-5-6-13/h2-4,7-10,12-13,20H,5-6,11H2,1H3,(H,27,29). The van der Waals surface area contributed by atoms with Gasteiger partial charge in [0.15, 0.2) is 0 Å². The van der Waals surface area contributed by atoms with Crippen molar-refractivity contribution in [3.8, 4) is 5.75 Å². The molecule has 1 saturated carbocycles. The Hall–Kier alpha value is -2.97. The summed E-state index contributed by atoms with van der Waals surface area (Å²) in [5.41, 5.74) is 1.19. The second kappa shape index (κ2) is 8.81. The number of pyridine rings is 1. The molecule has 2 aromatic rings. The van der Waals surface area contributed by atoms with Crippen LogP contribution in [0.2, 0.25) is 0 Å². The van der Waals surface area contributed by atoms with Gasteiger partial charge in [-0.05, 0) is 49.6 Å². The fourth-order valence-electron chi connectivity index (χ4n) is 2.86. The molecule has 1 amide bonds. The van der Waals surface area contributed by atoms with E-state index >= 15 is 0 Å². The van der Waals surface area contributed by atoms with E-state index in [0.717, 1.165) is 25.0 Å². The van der Waals surface area contributed by atoms with E-state index in [1.54, 1.807) is 13.0 Å². The maximum atomic E-state index is 13.1. The predicted octanol–water partition coefficient (Wildman–Crippen LogP) is 4.33. The van der Waals surface area contributed by atoms with E-state index in [1.165, 1.54) is 24.4 Å². The molecule has 1 heterocycles. The Morgan fingerprint density at radius 1 is 1.23 bits per heavy atom. The number of nitrogens with one attached hydrogen (secondary N) is 1. The first kappa shape index (κ1) is 21.7. The number of ether oxygens (including phenoxy) is 1. The topological polar surface area (TPSA) is 68.3 Å². The van der Waals surface area contributed by atoms with Gasteiger partial charge in [-0.15, -0.1) is 0 Å². The summed E-state index contributed by atoms with van der Waals surface area (Å²) >= 11 is 0. The Kier molecular flexibility index (Phi) is 6.38. The maximum absolute atomic E-state index is 13.1. The minimum Gasteiger partial charge on any atom is -0.428 e. The number of aromatic nitrogens is 1. The number of carbonyl (C=O) groups is 2. The van der Waals surface area contributed by atoms with Crippen LogP contribution in [0, 0.1) is 5.92 Å². The molecule has 9 heteroatoms. The molecule has 1 aliphatic carbocycles. The summed E-state index contributed by atoms with van der Waals surface area (Å²) in [6.45, 7) is 1.61. The highest BCUT2D eigenvalue weighted by atomic mass is 19.3. The lowest BCUT2D eigenvalue weighted by atomic mass is 10.1. The third-order valence-corrected chi connectivity index (χ3v) is 4.68. The molecule has 1 N–H and O–H groups in total. The molecule has 0 bridgehead atoms. The van der Waals surface area contributed by atoms with E-state index in [0.29, 0.717) is 16.8 Å². The minimum absolute atomic E-state index is 0.0937. The zero-order valence-corrected chi connectivity index (χ0v) is 16.1. The SMILES string of the molecule is CC(NC(=O)c1ccnc(CC(=O)C2CC2)c1)c1cccc(OC(F)(F)C(F)F)c1. The zero-order valence-electron chi connectivity index (χ0n) is 16.1. The minimum atomic E-state index is -4.61. The molecule has 1 atom stereocenters. The van der Waals surface area contributed by atoms with E-state index in [9.17, 15) is 27.2 Å². The highest BCUT2D eigenvalue weighted by Gasteiger charge is 2.44. The summed E-state index contributed by atoms with van der Waals surface area (Å²) in [5, 5.41) is 2.70. The molecule has 3 rings (SSSR count). The van der Waals surface area contributed by atoms with Crippen molar-refractivity contribution >= 4 is 11.7 Å². The smallest absolute Gasteiger partial charge is 0.428 e. The Morgan fingerprint density at radius 2 is 1.97 bits per heavy atom. The largest absolute Gasteiger partial charge is 0.461 e. The number of amides is 1. The molecule has 1 unspecified atom stereocenters. The summed E-state index contributed by atoms with van der Waals surface area (Å²) in [6.07, 6.45) is -5.19. The first-order valence-electron chi connectivity index (χ1n) is 9.39. The van der Waals surface area contributed by atoms with Crippen LogP contribution in [-0.2, 0) is 11.2 Å². The first-order chi connectivity index (χ1) is 14.2. The molecule has 0 spiro atoms. The lowest BCUT2D eigenvalue weighted by molar-refractivity contribution is -0.253. The van der Waals surface area contributed by atoms with Gasteiger partial charge in [-0.1, -0.05) is 12.1 Å². The van der Waals surface area contributed by atoms with Gasteiger partial charge < -0.3 is 10.1 Å². The third-order valence-electron chi connectivity index (χ3n) is 4.68. The number of rotatable bonds is 9. The second-order valence-electron chi connectivity index (χ2n) is 7.19. The van der Waals surface area contributed by atoms with E-state index in [4.69, 9.17) is 0 Å². The number of hydrogen-bond acceptors (Lipinski definition) is 4. The van der Waals surface area contributed by atoms with Gasteiger partial charge >= 0.3 is 12.5 Å². The van der Waals surface area contributed by atoms with Crippen molar-refractivity contribution in [2.24, 2.45) is 5.92 Å². The molecule has 1 aromatic carbocycles. The number of halogens is 4. The van der Waals surface area contributed by atoms with Crippen LogP contribution in [0.4, 0.5) is 17.6 Å². The van der Waals surface area contributed by atoms with Crippen molar-refractivity contribution in [2.45, 2.75) is 44.8 Å². The van der Waals surface area contributed by atoms with Gasteiger partial charge in [0.1, 0.15) is 11.5 Å². The van der Waals surface area contributed by atoms with Crippen molar-refractivity contribution in [3.63, 3.8) is 0 Å². The van der Waals surface area contributed by atoms with Crippen LogP contribution in [0.25, 0.3) is 0 Å². The molecular formula is C21H20F4N2O3. The van der Waals surface area contributed by atoms with Crippen LogP contribution in [0.15, 0.2) is 42.6 Å². The molecule has 1 fully saturated rings. The highest BCUT2D eigenvalue weighted by Crippen LogP contribution is 2.31. The quantitative estimate of drug-likeness (QED) is 0.609. The zero-order chi connectivity index (χ0) is 21.9. The summed E-state index contributed by atoms with van der Waals surface area (Å²) < 4.78 is 54.9. The lowest BCUT2D eigenvalue weighted by Gasteiger charge is -2.19. The molecule has 5 nitrogen and oxygen atoms in total. The number of hydrogen-bond donors (Lipinski definition) is 1. The van der Waals surface area contributed by atoms with Crippen LogP contribution in [-0.4, -0.2) is 29.2 Å². The van der Waals surface area contributed by atoms with Gasteiger partial charge in [-0.2, -0.15) is 17.6 Å². The number of Topliss-reactive ketones (excluding diaryl/α,β-unsaturated/α-hetero) is 1. The number of carbonyl (C=O) groups excluding carboxylic acids is 2. The molecule has 0 aliphatic heterocycles. The van der Waals surface area contributed by atoms with Crippen molar-refractivity contribution in [1.82, 2.24) is 10.3 Å². The Morgan fingerprint density at radius 3 is 2.63 bits per heavy atom. The Labute approximate surface area is 170 Å².